The van der Waals surface area contributed by atoms with Crippen molar-refractivity contribution in [2.24, 2.45) is 11.7 Å². The molecular formula is C13H19NO2. The van der Waals surface area contributed by atoms with Gasteiger partial charge in [0.2, 0.25) is 0 Å². The predicted molar refractivity (Wildman–Crippen MR) is 64.1 cm³/mol. The average molecular weight is 221 g/mol. The third-order valence-electron chi connectivity index (χ3n) is 3.14. The van der Waals surface area contributed by atoms with E-state index in [-0.39, 0.29) is 0 Å². The van der Waals surface area contributed by atoms with Crippen molar-refractivity contribution in [1.82, 2.24) is 0 Å². The summed E-state index contributed by atoms with van der Waals surface area (Å²) in [7, 11) is 1.66. The van der Waals surface area contributed by atoms with Crippen molar-refractivity contribution in [2.45, 2.75) is 19.3 Å². The van der Waals surface area contributed by atoms with Gasteiger partial charge in [0, 0.05) is 0 Å². The molecule has 16 heavy (non-hydrogen) atoms. The minimum absolute atomic E-state index is 0.620. The van der Waals surface area contributed by atoms with Crippen LogP contribution in [0, 0.1) is 5.92 Å². The molecule has 1 aromatic carbocycles. The number of hydrogen-bond acceptors (Lipinski definition) is 3. The van der Waals surface area contributed by atoms with E-state index >= 15 is 0 Å². The van der Waals surface area contributed by atoms with E-state index in [0.29, 0.717) is 18.4 Å². The molecule has 0 amide bonds. The van der Waals surface area contributed by atoms with Gasteiger partial charge in [-0.1, -0.05) is 6.07 Å². The van der Waals surface area contributed by atoms with Gasteiger partial charge in [0.1, 0.15) is 0 Å². The van der Waals surface area contributed by atoms with Crippen LogP contribution in [0.25, 0.3) is 0 Å². The summed E-state index contributed by atoms with van der Waals surface area (Å²) in [6.07, 6.45) is 1.20. The summed E-state index contributed by atoms with van der Waals surface area (Å²) < 4.78 is 10.8. The van der Waals surface area contributed by atoms with Crippen molar-refractivity contribution in [2.75, 3.05) is 20.3 Å². The van der Waals surface area contributed by atoms with Crippen molar-refractivity contribution in [1.29, 1.82) is 0 Å². The first-order valence-electron chi connectivity index (χ1n) is 5.81. The summed E-state index contributed by atoms with van der Waals surface area (Å²) in [5, 5.41) is 0. The summed E-state index contributed by atoms with van der Waals surface area (Å²) in [5.41, 5.74) is 6.98. The molecule has 1 aliphatic carbocycles. The minimum Gasteiger partial charge on any atom is -0.493 e. The lowest BCUT2D eigenvalue weighted by Crippen LogP contribution is -2.02. The van der Waals surface area contributed by atoms with Crippen LogP contribution in [0.3, 0.4) is 0 Å². The van der Waals surface area contributed by atoms with E-state index in [0.717, 1.165) is 18.0 Å². The molecule has 0 aliphatic heterocycles. The zero-order valence-corrected chi connectivity index (χ0v) is 9.90. The lowest BCUT2D eigenvalue weighted by atomic mass is 10.1. The van der Waals surface area contributed by atoms with Crippen LogP contribution in [0.1, 0.15) is 24.8 Å². The molecule has 88 valence electrons. The van der Waals surface area contributed by atoms with Crippen LogP contribution in [0.5, 0.6) is 11.5 Å². The molecule has 1 aliphatic rings. The Kier molecular flexibility index (Phi) is 3.34. The Morgan fingerprint density at radius 2 is 2.19 bits per heavy atom. The van der Waals surface area contributed by atoms with E-state index < -0.39 is 0 Å². The zero-order chi connectivity index (χ0) is 11.5. The Bertz CT molecular complexity index is 365. The second-order valence-corrected chi connectivity index (χ2v) is 4.18. The first kappa shape index (κ1) is 11.3. The fraction of sp³-hybridized carbons (Fsp3) is 0.538. The molecule has 1 aromatic rings. The molecule has 0 bridgehead atoms. The van der Waals surface area contributed by atoms with Crippen molar-refractivity contribution in [3.8, 4) is 11.5 Å². The fourth-order valence-electron chi connectivity index (χ4n) is 2.11. The van der Waals surface area contributed by atoms with E-state index in [1.54, 1.807) is 7.11 Å². The summed E-state index contributed by atoms with van der Waals surface area (Å²) in [6.45, 7) is 3.41. The summed E-state index contributed by atoms with van der Waals surface area (Å²) in [5.74, 6) is 2.92. The van der Waals surface area contributed by atoms with Gasteiger partial charge in [-0.15, -0.1) is 0 Å². The maximum atomic E-state index is 5.66. The van der Waals surface area contributed by atoms with Crippen molar-refractivity contribution in [3.05, 3.63) is 23.8 Å². The Morgan fingerprint density at radius 3 is 2.75 bits per heavy atom. The monoisotopic (exact) mass is 221 g/mol. The van der Waals surface area contributed by atoms with Crippen molar-refractivity contribution in [3.63, 3.8) is 0 Å². The van der Waals surface area contributed by atoms with Crippen LogP contribution in [-0.4, -0.2) is 20.3 Å². The third-order valence-corrected chi connectivity index (χ3v) is 3.14. The second kappa shape index (κ2) is 4.74. The zero-order valence-electron chi connectivity index (χ0n) is 9.90. The molecule has 0 heterocycles. The second-order valence-electron chi connectivity index (χ2n) is 4.18. The van der Waals surface area contributed by atoms with Gasteiger partial charge in [-0.25, -0.2) is 0 Å². The summed E-state index contributed by atoms with van der Waals surface area (Å²) in [6, 6.07) is 6.18. The number of methoxy groups -OCH3 is 1. The molecule has 2 rings (SSSR count). The molecule has 0 radical (unpaired) electrons. The SMILES string of the molecule is CCOc1cc(C2CC2CN)ccc1OC. The topological polar surface area (TPSA) is 44.5 Å². The summed E-state index contributed by atoms with van der Waals surface area (Å²) >= 11 is 0. The quantitative estimate of drug-likeness (QED) is 0.828. The lowest BCUT2D eigenvalue weighted by molar-refractivity contribution is 0.310. The van der Waals surface area contributed by atoms with E-state index in [1.807, 2.05) is 13.0 Å². The maximum absolute atomic E-state index is 5.66. The third kappa shape index (κ3) is 2.14. The van der Waals surface area contributed by atoms with Gasteiger partial charge < -0.3 is 15.2 Å². The van der Waals surface area contributed by atoms with E-state index in [1.165, 1.54) is 12.0 Å². The van der Waals surface area contributed by atoms with Crippen molar-refractivity contribution < 1.29 is 9.47 Å². The summed E-state index contributed by atoms with van der Waals surface area (Å²) in [4.78, 5) is 0. The number of rotatable bonds is 5. The maximum Gasteiger partial charge on any atom is 0.161 e. The van der Waals surface area contributed by atoms with E-state index in [4.69, 9.17) is 15.2 Å². The van der Waals surface area contributed by atoms with Gasteiger partial charge >= 0.3 is 0 Å². The van der Waals surface area contributed by atoms with Crippen LogP contribution in [0.15, 0.2) is 18.2 Å². The highest BCUT2D eigenvalue weighted by molar-refractivity contribution is 5.45. The number of benzene rings is 1. The van der Waals surface area contributed by atoms with Crippen LogP contribution in [0.4, 0.5) is 0 Å². The Hall–Kier alpha value is -1.22. The number of hydrogen-bond donors (Lipinski definition) is 1. The smallest absolute Gasteiger partial charge is 0.161 e. The molecule has 0 aromatic heterocycles. The molecule has 0 saturated heterocycles. The molecule has 2 atom stereocenters. The van der Waals surface area contributed by atoms with Crippen molar-refractivity contribution >= 4 is 0 Å². The Labute approximate surface area is 96.5 Å². The molecular weight excluding hydrogens is 202 g/mol. The molecule has 3 nitrogen and oxygen atoms in total. The van der Waals surface area contributed by atoms with Crippen LogP contribution in [0.2, 0.25) is 0 Å². The van der Waals surface area contributed by atoms with Crippen LogP contribution >= 0.6 is 0 Å². The van der Waals surface area contributed by atoms with Gasteiger partial charge in [0.05, 0.1) is 13.7 Å². The van der Waals surface area contributed by atoms with Gasteiger partial charge in [-0.05, 0) is 49.4 Å². The van der Waals surface area contributed by atoms with Crippen LogP contribution < -0.4 is 15.2 Å². The number of nitrogens with two attached hydrogens (primary N) is 1. The lowest BCUT2D eigenvalue weighted by Gasteiger charge is -2.10. The fourth-order valence-corrected chi connectivity index (χ4v) is 2.11. The Balaban J connectivity index is 2.18. The van der Waals surface area contributed by atoms with E-state index in [9.17, 15) is 0 Å². The first-order chi connectivity index (χ1) is 7.80. The highest BCUT2D eigenvalue weighted by Gasteiger charge is 2.37. The molecule has 3 heteroatoms. The number of ether oxygens (including phenoxy) is 2. The van der Waals surface area contributed by atoms with Gasteiger partial charge in [-0.2, -0.15) is 0 Å². The molecule has 2 N–H and O–H groups in total. The first-order valence-corrected chi connectivity index (χ1v) is 5.81. The minimum atomic E-state index is 0.620. The molecule has 2 unspecified atom stereocenters. The molecule has 1 fully saturated rings. The largest absolute Gasteiger partial charge is 0.493 e. The highest BCUT2D eigenvalue weighted by Crippen LogP contribution is 2.48. The van der Waals surface area contributed by atoms with E-state index in [2.05, 4.69) is 12.1 Å². The van der Waals surface area contributed by atoms with Gasteiger partial charge in [0.25, 0.3) is 0 Å². The predicted octanol–water partition coefficient (Wildman–Crippen LogP) is 2.16. The Morgan fingerprint density at radius 1 is 1.38 bits per heavy atom. The molecule has 0 spiro atoms. The normalized spacial score (nSPS) is 22.9. The highest BCUT2D eigenvalue weighted by atomic mass is 16.5. The standard InChI is InChI=1S/C13H19NO2/c1-3-16-13-7-9(4-5-12(13)15-2)11-6-10(11)8-14/h4-5,7,10-11H,3,6,8,14H2,1-2H3. The van der Waals surface area contributed by atoms with Crippen LogP contribution in [-0.2, 0) is 0 Å². The van der Waals surface area contributed by atoms with Gasteiger partial charge in [-0.3, -0.25) is 0 Å². The average Bonchev–Trinajstić information content (AvgIpc) is 3.08. The van der Waals surface area contributed by atoms with Gasteiger partial charge in [0.15, 0.2) is 11.5 Å². The molecule has 1 saturated carbocycles.